The first-order valence-corrected chi connectivity index (χ1v) is 4.95. The fraction of sp³-hybridized carbons (Fsp3) is 0.273. The van der Waals surface area contributed by atoms with Gasteiger partial charge in [-0.2, -0.15) is 0 Å². The van der Waals surface area contributed by atoms with Crippen LogP contribution in [0.4, 0.5) is 5.69 Å². The molecule has 1 heterocycles. The quantitative estimate of drug-likeness (QED) is 0.342. The van der Waals surface area contributed by atoms with Crippen LogP contribution in [0.5, 0.6) is 5.88 Å². The van der Waals surface area contributed by atoms with Crippen molar-refractivity contribution < 1.29 is 19.2 Å². The average molecular weight is 250 g/mol. The molecule has 7 heteroatoms. The third-order valence-electron chi connectivity index (χ3n) is 1.81. The number of ether oxygens (including phenoxy) is 2. The zero-order valence-electron chi connectivity index (χ0n) is 9.80. The van der Waals surface area contributed by atoms with Crippen molar-refractivity contribution in [3.8, 4) is 17.7 Å². The van der Waals surface area contributed by atoms with Crippen molar-refractivity contribution in [2.45, 2.75) is 6.92 Å². The van der Waals surface area contributed by atoms with Crippen LogP contribution in [0.1, 0.15) is 12.5 Å². The van der Waals surface area contributed by atoms with Crippen LogP contribution in [-0.2, 0) is 9.53 Å². The number of carbonyl (C=O) groups is 1. The van der Waals surface area contributed by atoms with E-state index in [1.807, 2.05) is 0 Å². The van der Waals surface area contributed by atoms with Gasteiger partial charge < -0.3 is 9.47 Å². The van der Waals surface area contributed by atoms with Gasteiger partial charge in [-0.1, -0.05) is 5.92 Å². The Bertz CT molecular complexity index is 530. The Labute approximate surface area is 103 Å². The number of methoxy groups -OCH3 is 1. The molecule has 0 spiro atoms. The molecule has 0 aromatic carbocycles. The molecule has 0 atom stereocenters. The van der Waals surface area contributed by atoms with E-state index in [4.69, 9.17) is 4.74 Å². The number of rotatable bonds is 3. The molecule has 1 aromatic heterocycles. The average Bonchev–Trinajstić information content (AvgIpc) is 2.36. The molecule has 0 aliphatic carbocycles. The second-order valence-electron chi connectivity index (χ2n) is 2.98. The molecule has 0 amide bonds. The van der Waals surface area contributed by atoms with Crippen molar-refractivity contribution in [1.29, 1.82) is 0 Å². The second-order valence-corrected chi connectivity index (χ2v) is 2.98. The van der Waals surface area contributed by atoms with E-state index in [0.717, 1.165) is 0 Å². The summed E-state index contributed by atoms with van der Waals surface area (Å²) in [6.45, 7) is 1.87. The van der Waals surface area contributed by atoms with Gasteiger partial charge in [0.25, 0.3) is 5.88 Å². The molecule has 0 aliphatic heterocycles. The first kappa shape index (κ1) is 13.4. The Balaban J connectivity index is 3.02. The molecule has 7 nitrogen and oxygen atoms in total. The highest BCUT2D eigenvalue weighted by atomic mass is 16.6. The molecule has 1 aromatic rings. The molecule has 94 valence electrons. The van der Waals surface area contributed by atoms with Gasteiger partial charge in [-0.05, 0) is 6.92 Å². The van der Waals surface area contributed by atoms with Crippen molar-refractivity contribution in [3.63, 3.8) is 0 Å². The number of esters is 1. The maximum Gasteiger partial charge on any atom is 0.384 e. The third-order valence-corrected chi connectivity index (χ3v) is 1.81. The van der Waals surface area contributed by atoms with E-state index in [0.29, 0.717) is 0 Å². The second kappa shape index (κ2) is 6.20. The van der Waals surface area contributed by atoms with Crippen LogP contribution in [0.2, 0.25) is 0 Å². The van der Waals surface area contributed by atoms with Crippen LogP contribution in [0, 0.1) is 22.0 Å². The van der Waals surface area contributed by atoms with Crippen LogP contribution in [0.25, 0.3) is 0 Å². The largest absolute Gasteiger partial charge is 0.476 e. The molecule has 0 fully saturated rings. The summed E-state index contributed by atoms with van der Waals surface area (Å²) in [5.74, 6) is 3.81. The molecule has 0 saturated carbocycles. The molecule has 1 rings (SSSR count). The Morgan fingerprint density at radius 1 is 1.61 bits per heavy atom. The third kappa shape index (κ3) is 3.45. The topological polar surface area (TPSA) is 91.6 Å². The van der Waals surface area contributed by atoms with Crippen molar-refractivity contribution >= 4 is 11.7 Å². The van der Waals surface area contributed by atoms with Gasteiger partial charge in [-0.3, -0.25) is 10.1 Å². The smallest absolute Gasteiger partial charge is 0.384 e. The summed E-state index contributed by atoms with van der Waals surface area (Å²) in [4.78, 5) is 24.8. The standard InChI is InChI=1S/C11H10N2O5/c1-3-18-10(14)5-4-8-6-9(13(15)16)11(17-2)12-7-8/h6-7H,3H2,1-2H3. The number of nitro groups is 1. The number of hydrogen-bond acceptors (Lipinski definition) is 6. The fourth-order valence-corrected chi connectivity index (χ4v) is 1.09. The first-order chi connectivity index (χ1) is 8.58. The van der Waals surface area contributed by atoms with Crippen LogP contribution < -0.4 is 4.74 Å². The summed E-state index contributed by atoms with van der Waals surface area (Å²) in [6, 6.07) is 1.18. The van der Waals surface area contributed by atoms with Gasteiger partial charge in [0.15, 0.2) is 0 Å². The maximum atomic E-state index is 11.0. The number of aromatic nitrogens is 1. The lowest BCUT2D eigenvalue weighted by molar-refractivity contribution is -0.386. The highest BCUT2D eigenvalue weighted by molar-refractivity contribution is 5.89. The number of carbonyl (C=O) groups excluding carboxylic acids is 1. The molecule has 0 radical (unpaired) electrons. The highest BCUT2D eigenvalue weighted by Crippen LogP contribution is 2.23. The van der Waals surface area contributed by atoms with E-state index < -0.39 is 10.9 Å². The minimum absolute atomic E-state index is 0.110. The normalized spacial score (nSPS) is 9.00. The Morgan fingerprint density at radius 3 is 2.89 bits per heavy atom. The van der Waals surface area contributed by atoms with Gasteiger partial charge in [-0.15, -0.1) is 0 Å². The van der Waals surface area contributed by atoms with Gasteiger partial charge in [0.1, 0.15) is 0 Å². The zero-order chi connectivity index (χ0) is 13.5. The van der Waals surface area contributed by atoms with E-state index in [-0.39, 0.29) is 23.7 Å². The molecule has 0 unspecified atom stereocenters. The summed E-state index contributed by atoms with van der Waals surface area (Å²) in [5.41, 5.74) is -0.0799. The van der Waals surface area contributed by atoms with Crippen molar-refractivity contribution in [2.75, 3.05) is 13.7 Å². The van der Waals surface area contributed by atoms with Gasteiger partial charge in [0.05, 0.1) is 24.2 Å². The molecule has 18 heavy (non-hydrogen) atoms. The summed E-state index contributed by atoms with van der Waals surface area (Å²) in [7, 11) is 1.28. The monoisotopic (exact) mass is 250 g/mol. The molecular weight excluding hydrogens is 240 g/mol. The number of pyridine rings is 1. The molecule has 0 aliphatic rings. The van der Waals surface area contributed by atoms with Gasteiger partial charge >= 0.3 is 11.7 Å². The van der Waals surface area contributed by atoms with Gasteiger partial charge in [-0.25, -0.2) is 9.78 Å². The fourth-order valence-electron chi connectivity index (χ4n) is 1.09. The van der Waals surface area contributed by atoms with Crippen molar-refractivity contribution in [2.24, 2.45) is 0 Å². The summed E-state index contributed by atoms with van der Waals surface area (Å²) in [5, 5.41) is 10.7. The van der Waals surface area contributed by atoms with Crippen molar-refractivity contribution in [3.05, 3.63) is 27.9 Å². The van der Waals surface area contributed by atoms with Crippen LogP contribution >= 0.6 is 0 Å². The van der Waals surface area contributed by atoms with Crippen LogP contribution in [0.3, 0.4) is 0 Å². The minimum Gasteiger partial charge on any atom is -0.476 e. The lowest BCUT2D eigenvalue weighted by Crippen LogP contribution is -2.00. The van der Waals surface area contributed by atoms with Crippen molar-refractivity contribution in [1.82, 2.24) is 4.98 Å². The zero-order valence-corrected chi connectivity index (χ0v) is 9.80. The lowest BCUT2D eigenvalue weighted by atomic mass is 10.2. The highest BCUT2D eigenvalue weighted by Gasteiger charge is 2.16. The number of hydrogen-bond donors (Lipinski definition) is 0. The summed E-state index contributed by atoms with van der Waals surface area (Å²) in [6.07, 6.45) is 1.28. The van der Waals surface area contributed by atoms with E-state index in [2.05, 4.69) is 21.6 Å². The summed E-state index contributed by atoms with van der Waals surface area (Å²) >= 11 is 0. The Hall–Kier alpha value is -2.62. The minimum atomic E-state index is -0.698. The maximum absolute atomic E-state index is 11.0. The molecular formula is C11H10N2O5. The summed E-state index contributed by atoms with van der Waals surface area (Å²) < 4.78 is 9.33. The molecule has 0 saturated heterocycles. The van der Waals surface area contributed by atoms with E-state index in [9.17, 15) is 14.9 Å². The van der Waals surface area contributed by atoms with Gasteiger partial charge in [0.2, 0.25) is 0 Å². The molecule has 0 bridgehead atoms. The van der Waals surface area contributed by atoms with Gasteiger partial charge in [0, 0.05) is 18.2 Å². The van der Waals surface area contributed by atoms with E-state index in [1.165, 1.54) is 19.4 Å². The molecule has 0 N–H and O–H groups in total. The predicted octanol–water partition coefficient (Wildman–Crippen LogP) is 0.913. The Kier molecular flexibility index (Phi) is 4.63. The van der Waals surface area contributed by atoms with E-state index >= 15 is 0 Å². The SMILES string of the molecule is CCOC(=O)C#Cc1cnc(OC)c([N+](=O)[O-])c1. The first-order valence-electron chi connectivity index (χ1n) is 4.95. The number of nitrogens with zero attached hydrogens (tertiary/aromatic N) is 2. The lowest BCUT2D eigenvalue weighted by Gasteiger charge is -1.99. The van der Waals surface area contributed by atoms with Crippen LogP contribution in [-0.4, -0.2) is 29.6 Å². The van der Waals surface area contributed by atoms with E-state index in [1.54, 1.807) is 6.92 Å². The predicted molar refractivity (Wildman–Crippen MR) is 61.0 cm³/mol. The van der Waals surface area contributed by atoms with Crippen LogP contribution in [0.15, 0.2) is 12.3 Å². The Morgan fingerprint density at radius 2 is 2.33 bits per heavy atom.